The maximum Gasteiger partial charge on any atom is 0.0991 e. The predicted octanol–water partition coefficient (Wildman–Crippen LogP) is 2.08. The summed E-state index contributed by atoms with van der Waals surface area (Å²) in [5.41, 5.74) is 5.19. The van der Waals surface area contributed by atoms with Gasteiger partial charge in [-0.05, 0) is 24.6 Å². The van der Waals surface area contributed by atoms with Crippen molar-refractivity contribution in [3.63, 3.8) is 0 Å². The summed E-state index contributed by atoms with van der Waals surface area (Å²) in [5.74, 6) is 0. The summed E-state index contributed by atoms with van der Waals surface area (Å²) >= 11 is 0. The third kappa shape index (κ3) is 2.29. The predicted molar refractivity (Wildman–Crippen MR) is 62.1 cm³/mol. The van der Waals surface area contributed by atoms with Gasteiger partial charge in [-0.2, -0.15) is 5.48 Å². The molecule has 4 heteroatoms. The van der Waals surface area contributed by atoms with Crippen molar-refractivity contribution in [2.75, 3.05) is 7.11 Å². The van der Waals surface area contributed by atoms with Crippen LogP contribution < -0.4 is 5.48 Å². The van der Waals surface area contributed by atoms with Gasteiger partial charge in [0, 0.05) is 18.1 Å². The molecule has 0 amide bonds. The molecule has 0 radical (unpaired) electrons. The van der Waals surface area contributed by atoms with Crippen LogP contribution in [0.1, 0.15) is 18.5 Å². The van der Waals surface area contributed by atoms with E-state index in [1.165, 1.54) is 5.56 Å². The van der Waals surface area contributed by atoms with Crippen molar-refractivity contribution in [2.45, 2.75) is 13.0 Å². The van der Waals surface area contributed by atoms with Crippen LogP contribution in [0, 0.1) is 0 Å². The summed E-state index contributed by atoms with van der Waals surface area (Å²) in [4.78, 5) is 8.91. The summed E-state index contributed by atoms with van der Waals surface area (Å²) in [5, 5.41) is 0. The van der Waals surface area contributed by atoms with Crippen molar-refractivity contribution in [3.05, 3.63) is 48.5 Å². The van der Waals surface area contributed by atoms with Gasteiger partial charge in [0.1, 0.15) is 0 Å². The summed E-state index contributed by atoms with van der Waals surface area (Å²) < 4.78 is 1.97. The molecule has 84 valence electrons. The van der Waals surface area contributed by atoms with Crippen LogP contribution >= 0.6 is 0 Å². The molecule has 4 nitrogen and oxygen atoms in total. The van der Waals surface area contributed by atoms with E-state index in [4.69, 9.17) is 4.84 Å². The molecule has 0 aliphatic heterocycles. The Morgan fingerprint density at radius 3 is 2.62 bits per heavy atom. The molecule has 0 saturated carbocycles. The van der Waals surface area contributed by atoms with Crippen molar-refractivity contribution in [2.24, 2.45) is 0 Å². The zero-order chi connectivity index (χ0) is 11.4. The first kappa shape index (κ1) is 10.9. The largest absolute Gasteiger partial charge is 0.306 e. The molecule has 2 aromatic rings. The highest BCUT2D eigenvalue weighted by Crippen LogP contribution is 2.15. The van der Waals surface area contributed by atoms with E-state index in [2.05, 4.69) is 41.7 Å². The van der Waals surface area contributed by atoms with Gasteiger partial charge in [0.05, 0.1) is 19.5 Å². The van der Waals surface area contributed by atoms with E-state index < -0.39 is 0 Å². The molecule has 1 aromatic heterocycles. The average molecular weight is 217 g/mol. The van der Waals surface area contributed by atoms with Crippen LogP contribution in [0.5, 0.6) is 0 Å². The molecule has 2 rings (SSSR count). The van der Waals surface area contributed by atoms with Gasteiger partial charge in [-0.1, -0.05) is 12.1 Å². The number of hydroxylamine groups is 1. The van der Waals surface area contributed by atoms with E-state index in [-0.39, 0.29) is 6.04 Å². The third-order valence-corrected chi connectivity index (χ3v) is 2.49. The fourth-order valence-electron chi connectivity index (χ4n) is 1.59. The SMILES string of the molecule is CONC(C)c1ccc(-n2ccnc2)cc1. The van der Waals surface area contributed by atoms with Gasteiger partial charge in [-0.15, -0.1) is 0 Å². The molecule has 0 aliphatic carbocycles. The van der Waals surface area contributed by atoms with Crippen molar-refractivity contribution in [3.8, 4) is 5.69 Å². The Hall–Kier alpha value is -1.65. The number of nitrogens with zero attached hydrogens (tertiary/aromatic N) is 2. The number of hydrogen-bond donors (Lipinski definition) is 1. The van der Waals surface area contributed by atoms with Crippen LogP contribution in [0.2, 0.25) is 0 Å². The zero-order valence-corrected chi connectivity index (χ0v) is 9.42. The minimum atomic E-state index is 0.182. The number of nitrogens with one attached hydrogen (secondary N) is 1. The molecule has 1 atom stereocenters. The molecule has 0 fully saturated rings. The van der Waals surface area contributed by atoms with Crippen LogP contribution in [-0.2, 0) is 4.84 Å². The molecule has 0 aliphatic rings. The number of rotatable bonds is 4. The Bertz CT molecular complexity index is 422. The fraction of sp³-hybridized carbons (Fsp3) is 0.250. The minimum Gasteiger partial charge on any atom is -0.306 e. The van der Waals surface area contributed by atoms with Crippen LogP contribution in [0.15, 0.2) is 43.0 Å². The summed E-state index contributed by atoms with van der Waals surface area (Å²) in [6.07, 6.45) is 5.47. The Morgan fingerprint density at radius 1 is 1.31 bits per heavy atom. The Kier molecular flexibility index (Phi) is 3.34. The summed E-state index contributed by atoms with van der Waals surface area (Å²) in [6.45, 7) is 2.05. The van der Waals surface area contributed by atoms with E-state index in [0.29, 0.717) is 0 Å². The lowest BCUT2D eigenvalue weighted by molar-refractivity contribution is 0.0659. The molecule has 0 spiro atoms. The summed E-state index contributed by atoms with van der Waals surface area (Å²) in [6, 6.07) is 8.45. The second-order valence-electron chi connectivity index (χ2n) is 3.61. The van der Waals surface area contributed by atoms with Crippen LogP contribution in [0.3, 0.4) is 0 Å². The quantitative estimate of drug-likeness (QED) is 0.797. The second-order valence-corrected chi connectivity index (χ2v) is 3.61. The Balaban J connectivity index is 2.16. The van der Waals surface area contributed by atoms with E-state index >= 15 is 0 Å². The topological polar surface area (TPSA) is 39.1 Å². The molecule has 1 aromatic carbocycles. The smallest absolute Gasteiger partial charge is 0.0991 e. The highest BCUT2D eigenvalue weighted by molar-refractivity contribution is 5.35. The summed E-state index contributed by atoms with van der Waals surface area (Å²) in [7, 11) is 1.62. The first-order valence-electron chi connectivity index (χ1n) is 5.18. The van der Waals surface area contributed by atoms with Gasteiger partial charge < -0.3 is 9.40 Å². The van der Waals surface area contributed by atoms with Crippen molar-refractivity contribution in [1.82, 2.24) is 15.0 Å². The van der Waals surface area contributed by atoms with Gasteiger partial charge in [-0.25, -0.2) is 4.98 Å². The van der Waals surface area contributed by atoms with E-state index in [1.54, 1.807) is 19.6 Å². The Labute approximate surface area is 94.8 Å². The number of hydrogen-bond acceptors (Lipinski definition) is 3. The normalized spacial score (nSPS) is 12.6. The van der Waals surface area contributed by atoms with Crippen LogP contribution in [0.25, 0.3) is 5.69 Å². The average Bonchev–Trinajstić information content (AvgIpc) is 2.83. The van der Waals surface area contributed by atoms with E-state index in [1.807, 2.05) is 10.8 Å². The standard InChI is InChI=1S/C12H15N3O/c1-10(14-16-2)11-3-5-12(6-4-11)15-8-7-13-9-15/h3-10,14H,1-2H3. The molecule has 0 bridgehead atoms. The molecular weight excluding hydrogens is 202 g/mol. The highest BCUT2D eigenvalue weighted by Gasteiger charge is 2.04. The van der Waals surface area contributed by atoms with Crippen molar-refractivity contribution in [1.29, 1.82) is 0 Å². The molecule has 0 saturated heterocycles. The minimum absolute atomic E-state index is 0.182. The van der Waals surface area contributed by atoms with Gasteiger partial charge in [-0.3, -0.25) is 0 Å². The first-order valence-corrected chi connectivity index (χ1v) is 5.18. The third-order valence-electron chi connectivity index (χ3n) is 2.49. The maximum absolute atomic E-state index is 4.90. The zero-order valence-electron chi connectivity index (χ0n) is 9.42. The van der Waals surface area contributed by atoms with Crippen molar-refractivity contribution >= 4 is 0 Å². The van der Waals surface area contributed by atoms with Crippen molar-refractivity contribution < 1.29 is 4.84 Å². The maximum atomic E-state index is 4.90. The molecular formula is C12H15N3O. The van der Waals surface area contributed by atoms with E-state index in [0.717, 1.165) is 5.69 Å². The molecule has 16 heavy (non-hydrogen) atoms. The van der Waals surface area contributed by atoms with Gasteiger partial charge in [0.2, 0.25) is 0 Å². The molecule has 1 N–H and O–H groups in total. The number of benzene rings is 1. The monoisotopic (exact) mass is 217 g/mol. The number of imidazole rings is 1. The molecule has 1 unspecified atom stereocenters. The molecule has 1 heterocycles. The van der Waals surface area contributed by atoms with E-state index in [9.17, 15) is 0 Å². The Morgan fingerprint density at radius 2 is 2.06 bits per heavy atom. The highest BCUT2D eigenvalue weighted by atomic mass is 16.6. The second kappa shape index (κ2) is 4.92. The van der Waals surface area contributed by atoms with Gasteiger partial charge in [0.25, 0.3) is 0 Å². The number of aromatic nitrogens is 2. The lowest BCUT2D eigenvalue weighted by atomic mass is 10.1. The fourth-order valence-corrected chi connectivity index (χ4v) is 1.59. The first-order chi connectivity index (χ1) is 7.81. The van der Waals surface area contributed by atoms with Crippen LogP contribution in [-0.4, -0.2) is 16.7 Å². The lowest BCUT2D eigenvalue weighted by Crippen LogP contribution is -2.16. The van der Waals surface area contributed by atoms with Crippen LogP contribution in [0.4, 0.5) is 0 Å². The lowest BCUT2D eigenvalue weighted by Gasteiger charge is -2.12. The van der Waals surface area contributed by atoms with Gasteiger partial charge in [0.15, 0.2) is 0 Å². The van der Waals surface area contributed by atoms with Gasteiger partial charge >= 0.3 is 0 Å².